The van der Waals surface area contributed by atoms with Gasteiger partial charge in [0, 0.05) is 19.7 Å². The lowest BCUT2D eigenvalue weighted by Gasteiger charge is -2.12. The third-order valence-electron chi connectivity index (χ3n) is 3.19. The van der Waals surface area contributed by atoms with E-state index in [1.165, 1.54) is 6.07 Å². The molecule has 0 saturated carbocycles. The first-order valence-electron chi connectivity index (χ1n) is 6.98. The minimum Gasteiger partial charge on any atom is -0.454 e. The third-order valence-corrected chi connectivity index (χ3v) is 3.50. The summed E-state index contributed by atoms with van der Waals surface area (Å²) in [6.07, 6.45) is 1.72. The minimum atomic E-state index is -0.412. The van der Waals surface area contributed by atoms with Crippen molar-refractivity contribution in [1.29, 1.82) is 0 Å². The molecule has 0 unspecified atom stereocenters. The molecule has 116 valence electrons. The number of para-hydroxylation sites is 1. The van der Waals surface area contributed by atoms with Crippen LogP contribution >= 0.6 is 11.6 Å². The molecule has 22 heavy (non-hydrogen) atoms. The van der Waals surface area contributed by atoms with Gasteiger partial charge in [0.05, 0.1) is 17.0 Å². The van der Waals surface area contributed by atoms with Gasteiger partial charge >= 0.3 is 0 Å². The van der Waals surface area contributed by atoms with Gasteiger partial charge in [-0.05, 0) is 37.6 Å². The molecule has 0 heterocycles. The van der Waals surface area contributed by atoms with E-state index in [4.69, 9.17) is 16.3 Å². The van der Waals surface area contributed by atoms with Gasteiger partial charge in [-0.25, -0.2) is 9.38 Å². The Labute approximate surface area is 135 Å². The van der Waals surface area contributed by atoms with Crippen LogP contribution in [0.4, 0.5) is 10.1 Å². The standard InChI is InChI=1S/C17H18ClFN2O/c1-4-21(3)11-20-15-9-12(2)17(10-13(15)18)22-16-8-6-5-7-14(16)19/h5-11H,4H2,1-3H3/b20-11-. The van der Waals surface area contributed by atoms with Crippen LogP contribution < -0.4 is 4.74 Å². The van der Waals surface area contributed by atoms with E-state index in [1.54, 1.807) is 30.6 Å². The molecule has 0 fully saturated rings. The second-order valence-electron chi connectivity index (χ2n) is 4.92. The van der Waals surface area contributed by atoms with Crippen LogP contribution in [0.2, 0.25) is 5.02 Å². The van der Waals surface area contributed by atoms with Gasteiger partial charge in [0.2, 0.25) is 0 Å². The quantitative estimate of drug-likeness (QED) is 0.559. The van der Waals surface area contributed by atoms with Crippen molar-refractivity contribution in [3.63, 3.8) is 0 Å². The highest BCUT2D eigenvalue weighted by atomic mass is 35.5. The predicted molar refractivity (Wildman–Crippen MR) is 89.1 cm³/mol. The van der Waals surface area contributed by atoms with Crippen molar-refractivity contribution in [2.24, 2.45) is 4.99 Å². The zero-order valence-electron chi connectivity index (χ0n) is 12.8. The maximum Gasteiger partial charge on any atom is 0.165 e. The molecular formula is C17H18ClFN2O. The van der Waals surface area contributed by atoms with E-state index in [2.05, 4.69) is 4.99 Å². The molecule has 0 amide bonds. The fourth-order valence-electron chi connectivity index (χ4n) is 1.75. The molecule has 0 N–H and O–H groups in total. The lowest BCUT2D eigenvalue weighted by Crippen LogP contribution is -2.14. The van der Waals surface area contributed by atoms with Crippen LogP contribution in [0, 0.1) is 12.7 Å². The van der Waals surface area contributed by atoms with Crippen molar-refractivity contribution in [3.05, 3.63) is 52.8 Å². The second kappa shape index (κ2) is 7.27. The summed E-state index contributed by atoms with van der Waals surface area (Å²) < 4.78 is 19.2. The van der Waals surface area contributed by atoms with Crippen molar-refractivity contribution in [2.75, 3.05) is 13.6 Å². The molecule has 0 spiro atoms. The number of rotatable bonds is 5. The van der Waals surface area contributed by atoms with E-state index >= 15 is 0 Å². The Bertz CT molecular complexity index is 688. The van der Waals surface area contributed by atoms with Crippen molar-refractivity contribution < 1.29 is 9.13 Å². The van der Waals surface area contributed by atoms with E-state index in [0.717, 1.165) is 12.1 Å². The van der Waals surface area contributed by atoms with Crippen LogP contribution in [0.15, 0.2) is 41.4 Å². The fourth-order valence-corrected chi connectivity index (χ4v) is 1.95. The van der Waals surface area contributed by atoms with Crippen molar-refractivity contribution in [2.45, 2.75) is 13.8 Å². The van der Waals surface area contributed by atoms with E-state index in [0.29, 0.717) is 16.5 Å². The number of hydrogen-bond acceptors (Lipinski definition) is 2. The summed E-state index contributed by atoms with van der Waals surface area (Å²) in [7, 11) is 1.93. The molecule has 0 aliphatic carbocycles. The SMILES string of the molecule is CCN(C)/C=N\c1cc(C)c(Oc2ccccc2F)cc1Cl. The van der Waals surface area contributed by atoms with Gasteiger partial charge in [0.15, 0.2) is 11.6 Å². The maximum atomic E-state index is 13.6. The Kier molecular flexibility index (Phi) is 5.39. The smallest absolute Gasteiger partial charge is 0.165 e. The molecule has 0 saturated heterocycles. The van der Waals surface area contributed by atoms with Gasteiger partial charge in [0.25, 0.3) is 0 Å². The van der Waals surface area contributed by atoms with Gasteiger partial charge in [-0.15, -0.1) is 0 Å². The number of benzene rings is 2. The molecule has 0 radical (unpaired) electrons. The van der Waals surface area contributed by atoms with Gasteiger partial charge in [0.1, 0.15) is 5.75 Å². The predicted octanol–water partition coefficient (Wildman–Crippen LogP) is 5.19. The molecule has 0 aromatic heterocycles. The summed E-state index contributed by atoms with van der Waals surface area (Å²) in [5.74, 6) is 0.270. The first-order valence-corrected chi connectivity index (χ1v) is 7.36. The average molecular weight is 321 g/mol. The molecule has 3 nitrogen and oxygen atoms in total. The van der Waals surface area contributed by atoms with E-state index < -0.39 is 5.82 Å². The Balaban J connectivity index is 2.27. The number of ether oxygens (including phenoxy) is 1. The van der Waals surface area contributed by atoms with E-state index in [-0.39, 0.29) is 5.75 Å². The largest absolute Gasteiger partial charge is 0.454 e. The molecule has 0 aliphatic heterocycles. The zero-order chi connectivity index (χ0) is 16.1. The first kappa shape index (κ1) is 16.3. The number of aliphatic imine (C=N–C) groups is 1. The molecular weight excluding hydrogens is 303 g/mol. The summed E-state index contributed by atoms with van der Waals surface area (Å²) >= 11 is 6.23. The van der Waals surface area contributed by atoms with Gasteiger partial charge in [-0.2, -0.15) is 0 Å². The molecule has 2 aromatic rings. The third kappa shape index (κ3) is 3.98. The topological polar surface area (TPSA) is 24.8 Å². The zero-order valence-corrected chi connectivity index (χ0v) is 13.6. The molecule has 0 bridgehead atoms. The van der Waals surface area contributed by atoms with E-state index in [9.17, 15) is 4.39 Å². The van der Waals surface area contributed by atoms with Crippen molar-refractivity contribution in [1.82, 2.24) is 4.90 Å². The maximum absolute atomic E-state index is 13.6. The Morgan fingerprint density at radius 2 is 2.00 bits per heavy atom. The van der Waals surface area contributed by atoms with Crippen LogP contribution in [0.5, 0.6) is 11.5 Å². The summed E-state index contributed by atoms with van der Waals surface area (Å²) in [5, 5.41) is 0.456. The normalized spacial score (nSPS) is 11.0. The molecule has 5 heteroatoms. The molecule has 0 atom stereocenters. The summed E-state index contributed by atoms with van der Waals surface area (Å²) in [5.41, 5.74) is 1.49. The first-order chi connectivity index (χ1) is 10.5. The Hall–Kier alpha value is -2.07. The fraction of sp³-hybridized carbons (Fsp3) is 0.235. The van der Waals surface area contributed by atoms with Crippen LogP contribution in [0.1, 0.15) is 12.5 Å². The van der Waals surface area contributed by atoms with E-state index in [1.807, 2.05) is 31.9 Å². The summed E-state index contributed by atoms with van der Waals surface area (Å²) in [6, 6.07) is 9.73. The lowest BCUT2D eigenvalue weighted by molar-refractivity contribution is 0.439. The molecule has 0 aliphatic rings. The number of nitrogens with zero attached hydrogens (tertiary/aromatic N) is 2. The van der Waals surface area contributed by atoms with Crippen LogP contribution in [-0.4, -0.2) is 24.8 Å². The van der Waals surface area contributed by atoms with Crippen LogP contribution in [0.25, 0.3) is 0 Å². The monoisotopic (exact) mass is 320 g/mol. The number of aryl methyl sites for hydroxylation is 1. The number of hydrogen-bond donors (Lipinski definition) is 0. The average Bonchev–Trinajstić information content (AvgIpc) is 2.51. The van der Waals surface area contributed by atoms with Gasteiger partial charge in [-0.1, -0.05) is 23.7 Å². The summed E-state index contributed by atoms with van der Waals surface area (Å²) in [4.78, 5) is 6.28. The summed E-state index contributed by atoms with van der Waals surface area (Å²) in [6.45, 7) is 4.76. The van der Waals surface area contributed by atoms with Gasteiger partial charge < -0.3 is 9.64 Å². The second-order valence-corrected chi connectivity index (χ2v) is 5.33. The Morgan fingerprint density at radius 3 is 2.68 bits per heavy atom. The highest BCUT2D eigenvalue weighted by Gasteiger charge is 2.09. The van der Waals surface area contributed by atoms with Crippen LogP contribution in [-0.2, 0) is 0 Å². The lowest BCUT2D eigenvalue weighted by atomic mass is 10.2. The van der Waals surface area contributed by atoms with Crippen molar-refractivity contribution in [3.8, 4) is 11.5 Å². The minimum absolute atomic E-state index is 0.170. The highest BCUT2D eigenvalue weighted by molar-refractivity contribution is 6.33. The molecule has 2 rings (SSSR count). The highest BCUT2D eigenvalue weighted by Crippen LogP contribution is 2.35. The number of halogens is 2. The van der Waals surface area contributed by atoms with Crippen molar-refractivity contribution >= 4 is 23.6 Å². The van der Waals surface area contributed by atoms with Crippen LogP contribution in [0.3, 0.4) is 0 Å². The van der Waals surface area contributed by atoms with Gasteiger partial charge in [-0.3, -0.25) is 0 Å². The Morgan fingerprint density at radius 1 is 1.27 bits per heavy atom. The molecule has 2 aromatic carbocycles.